The molecule has 0 spiro atoms. The third-order valence-corrected chi connectivity index (χ3v) is 6.35. The van der Waals surface area contributed by atoms with Crippen molar-refractivity contribution in [3.8, 4) is 0 Å². The normalized spacial score (nSPS) is 51.9. The highest BCUT2D eigenvalue weighted by atomic mass is 14.9. The SMILES string of the molecule is CNCC1(C2C3CC4CC(C3)CC2C4)CC1. The molecule has 1 nitrogen and oxygen atoms in total. The van der Waals surface area contributed by atoms with Gasteiger partial charge in [0.15, 0.2) is 0 Å². The van der Waals surface area contributed by atoms with Gasteiger partial charge in [-0.3, -0.25) is 0 Å². The molecule has 5 saturated carbocycles. The minimum atomic E-state index is 0.761. The molecule has 5 aliphatic carbocycles. The first-order valence-electron chi connectivity index (χ1n) is 7.45. The second-order valence-corrected chi connectivity index (χ2v) is 7.35. The zero-order chi connectivity index (χ0) is 10.8. The quantitative estimate of drug-likeness (QED) is 0.769. The fraction of sp³-hybridized carbons (Fsp3) is 1.00. The van der Waals surface area contributed by atoms with Crippen LogP contribution in [0.25, 0.3) is 0 Å². The predicted octanol–water partition coefficient (Wildman–Crippen LogP) is 3.06. The van der Waals surface area contributed by atoms with Gasteiger partial charge in [0.2, 0.25) is 0 Å². The summed E-state index contributed by atoms with van der Waals surface area (Å²) >= 11 is 0. The lowest BCUT2D eigenvalue weighted by Gasteiger charge is -2.57. The van der Waals surface area contributed by atoms with Gasteiger partial charge in [-0.2, -0.15) is 0 Å². The minimum Gasteiger partial charge on any atom is -0.319 e. The first kappa shape index (κ1) is 9.94. The zero-order valence-electron chi connectivity index (χ0n) is 10.5. The van der Waals surface area contributed by atoms with Gasteiger partial charge in [0.1, 0.15) is 0 Å². The molecular weight excluding hydrogens is 194 g/mol. The highest BCUT2D eigenvalue weighted by molar-refractivity contribution is 5.09. The topological polar surface area (TPSA) is 12.0 Å². The molecular formula is C15H25N. The summed E-state index contributed by atoms with van der Waals surface area (Å²) in [5.41, 5.74) is 0.761. The van der Waals surface area contributed by atoms with Crippen LogP contribution in [0, 0.1) is 35.0 Å². The number of hydrogen-bond acceptors (Lipinski definition) is 1. The van der Waals surface area contributed by atoms with Crippen molar-refractivity contribution in [2.45, 2.75) is 44.9 Å². The summed E-state index contributed by atoms with van der Waals surface area (Å²) in [6, 6.07) is 0. The van der Waals surface area contributed by atoms with E-state index in [2.05, 4.69) is 12.4 Å². The molecule has 1 heteroatoms. The second kappa shape index (κ2) is 3.25. The predicted molar refractivity (Wildman–Crippen MR) is 66.1 cm³/mol. The third kappa shape index (κ3) is 1.27. The summed E-state index contributed by atoms with van der Waals surface area (Å²) in [5, 5.41) is 3.48. The van der Waals surface area contributed by atoms with Crippen LogP contribution >= 0.6 is 0 Å². The maximum atomic E-state index is 3.48. The lowest BCUT2D eigenvalue weighted by atomic mass is 9.49. The maximum Gasteiger partial charge on any atom is 0.000767 e. The Morgan fingerprint density at radius 3 is 1.94 bits per heavy atom. The molecule has 0 aromatic rings. The van der Waals surface area contributed by atoms with Gasteiger partial charge in [0.25, 0.3) is 0 Å². The van der Waals surface area contributed by atoms with E-state index in [1.54, 1.807) is 32.1 Å². The summed E-state index contributed by atoms with van der Waals surface area (Å²) in [6.07, 6.45) is 11.1. The molecule has 0 aromatic carbocycles. The third-order valence-electron chi connectivity index (χ3n) is 6.35. The summed E-state index contributed by atoms with van der Waals surface area (Å²) in [5.74, 6) is 5.67. The smallest absolute Gasteiger partial charge is 0.000767 e. The van der Waals surface area contributed by atoms with E-state index in [1.807, 2.05) is 0 Å². The lowest BCUT2D eigenvalue weighted by Crippen LogP contribution is -2.50. The Bertz CT molecular complexity index is 264. The van der Waals surface area contributed by atoms with E-state index in [0.717, 1.165) is 35.0 Å². The standard InChI is InChI=1S/C15H25N/c1-16-9-15(2-3-15)14-12-5-10-4-11(7-12)8-13(14)6-10/h10-14,16H,2-9H2,1H3. The van der Waals surface area contributed by atoms with Gasteiger partial charge in [-0.15, -0.1) is 0 Å². The van der Waals surface area contributed by atoms with Gasteiger partial charge in [0.05, 0.1) is 0 Å². The first-order chi connectivity index (χ1) is 7.81. The van der Waals surface area contributed by atoms with E-state index in [-0.39, 0.29) is 0 Å². The van der Waals surface area contributed by atoms with E-state index in [9.17, 15) is 0 Å². The largest absolute Gasteiger partial charge is 0.319 e. The van der Waals surface area contributed by atoms with Gasteiger partial charge < -0.3 is 5.32 Å². The van der Waals surface area contributed by atoms with Crippen molar-refractivity contribution in [3.63, 3.8) is 0 Å². The molecule has 5 aliphatic rings. The molecule has 0 heterocycles. The summed E-state index contributed by atoms with van der Waals surface area (Å²) < 4.78 is 0. The highest BCUT2D eigenvalue weighted by Crippen LogP contribution is 2.66. The number of rotatable bonds is 3. The monoisotopic (exact) mass is 219 g/mol. The Morgan fingerprint density at radius 2 is 1.50 bits per heavy atom. The van der Waals surface area contributed by atoms with Gasteiger partial charge in [-0.25, -0.2) is 0 Å². The van der Waals surface area contributed by atoms with Crippen molar-refractivity contribution in [3.05, 3.63) is 0 Å². The van der Waals surface area contributed by atoms with E-state index in [4.69, 9.17) is 0 Å². The van der Waals surface area contributed by atoms with Crippen LogP contribution in [0.4, 0.5) is 0 Å². The molecule has 0 radical (unpaired) electrons. The average Bonchev–Trinajstić information content (AvgIpc) is 2.97. The Morgan fingerprint density at radius 1 is 0.938 bits per heavy atom. The van der Waals surface area contributed by atoms with E-state index in [0.29, 0.717) is 0 Å². The van der Waals surface area contributed by atoms with Crippen LogP contribution in [0.5, 0.6) is 0 Å². The Balaban J connectivity index is 1.60. The van der Waals surface area contributed by atoms with Crippen molar-refractivity contribution < 1.29 is 0 Å². The molecule has 0 aromatic heterocycles. The Labute approximate surface area is 99.4 Å². The lowest BCUT2D eigenvalue weighted by molar-refractivity contribution is -0.0680. The fourth-order valence-corrected chi connectivity index (χ4v) is 6.07. The minimum absolute atomic E-state index is 0.761. The molecule has 16 heavy (non-hydrogen) atoms. The number of hydrogen-bond donors (Lipinski definition) is 1. The molecule has 0 unspecified atom stereocenters. The maximum absolute atomic E-state index is 3.48. The van der Waals surface area contributed by atoms with Gasteiger partial charge in [0, 0.05) is 6.54 Å². The molecule has 0 atom stereocenters. The molecule has 5 rings (SSSR count). The van der Waals surface area contributed by atoms with Gasteiger partial charge >= 0.3 is 0 Å². The van der Waals surface area contributed by atoms with Crippen LogP contribution in [0.15, 0.2) is 0 Å². The van der Waals surface area contributed by atoms with Crippen molar-refractivity contribution in [1.82, 2.24) is 5.32 Å². The van der Waals surface area contributed by atoms with Gasteiger partial charge in [-0.05, 0) is 87.0 Å². The molecule has 4 bridgehead atoms. The van der Waals surface area contributed by atoms with Crippen LogP contribution in [0.1, 0.15) is 44.9 Å². The van der Waals surface area contributed by atoms with Crippen LogP contribution in [-0.4, -0.2) is 13.6 Å². The fourth-order valence-electron chi connectivity index (χ4n) is 6.07. The zero-order valence-corrected chi connectivity index (χ0v) is 10.5. The van der Waals surface area contributed by atoms with Crippen molar-refractivity contribution in [2.75, 3.05) is 13.6 Å². The van der Waals surface area contributed by atoms with E-state index in [1.165, 1.54) is 19.4 Å². The number of nitrogens with one attached hydrogen (secondary N) is 1. The average molecular weight is 219 g/mol. The van der Waals surface area contributed by atoms with Crippen molar-refractivity contribution in [1.29, 1.82) is 0 Å². The molecule has 1 N–H and O–H groups in total. The van der Waals surface area contributed by atoms with Crippen molar-refractivity contribution >= 4 is 0 Å². The second-order valence-electron chi connectivity index (χ2n) is 7.35. The Kier molecular flexibility index (Phi) is 2.02. The van der Waals surface area contributed by atoms with Crippen molar-refractivity contribution in [2.24, 2.45) is 35.0 Å². The summed E-state index contributed by atoms with van der Waals surface area (Å²) in [6.45, 7) is 1.31. The molecule has 0 amide bonds. The van der Waals surface area contributed by atoms with Crippen LogP contribution in [0.2, 0.25) is 0 Å². The summed E-state index contributed by atoms with van der Waals surface area (Å²) in [4.78, 5) is 0. The molecule has 90 valence electrons. The van der Waals surface area contributed by atoms with Crippen LogP contribution < -0.4 is 5.32 Å². The molecule has 5 fully saturated rings. The molecule has 0 saturated heterocycles. The van der Waals surface area contributed by atoms with Gasteiger partial charge in [-0.1, -0.05) is 0 Å². The Hall–Kier alpha value is -0.0400. The van der Waals surface area contributed by atoms with Crippen LogP contribution in [0.3, 0.4) is 0 Å². The summed E-state index contributed by atoms with van der Waals surface area (Å²) in [7, 11) is 2.15. The van der Waals surface area contributed by atoms with Crippen LogP contribution in [-0.2, 0) is 0 Å². The van der Waals surface area contributed by atoms with E-state index < -0.39 is 0 Å². The van der Waals surface area contributed by atoms with E-state index >= 15 is 0 Å². The first-order valence-corrected chi connectivity index (χ1v) is 7.45. The molecule has 0 aliphatic heterocycles. The highest BCUT2D eigenvalue weighted by Gasteiger charge is 2.59.